The lowest BCUT2D eigenvalue weighted by Gasteiger charge is -2.32. The van der Waals surface area contributed by atoms with Gasteiger partial charge in [-0.05, 0) is 59.7 Å². The van der Waals surface area contributed by atoms with Crippen LogP contribution in [0.4, 0.5) is 22.0 Å². The molecule has 3 atom stereocenters. The molecular formula is C26H24F5NO2. The average molecular weight is 477 g/mol. The van der Waals surface area contributed by atoms with Crippen molar-refractivity contribution in [3.8, 4) is 11.1 Å². The molecular weight excluding hydrogens is 453 g/mol. The van der Waals surface area contributed by atoms with E-state index in [0.29, 0.717) is 23.4 Å². The Labute approximate surface area is 193 Å². The Morgan fingerprint density at radius 2 is 1.59 bits per heavy atom. The first-order valence-electron chi connectivity index (χ1n) is 11.0. The zero-order chi connectivity index (χ0) is 24.8. The first-order valence-corrected chi connectivity index (χ1v) is 11.0. The van der Waals surface area contributed by atoms with E-state index >= 15 is 4.39 Å². The van der Waals surface area contributed by atoms with Crippen LogP contribution in [-0.4, -0.2) is 21.3 Å². The summed E-state index contributed by atoms with van der Waals surface area (Å²) in [5.41, 5.74) is 1.07. The monoisotopic (exact) mass is 477 g/mol. The molecule has 8 heteroatoms. The van der Waals surface area contributed by atoms with Crippen LogP contribution < -0.4 is 0 Å². The smallest absolute Gasteiger partial charge is 0.390 e. The van der Waals surface area contributed by atoms with E-state index in [1.54, 1.807) is 0 Å². The number of aliphatic hydroxyl groups is 2. The Hall–Kier alpha value is -2.84. The Morgan fingerprint density at radius 3 is 2.15 bits per heavy atom. The van der Waals surface area contributed by atoms with Crippen molar-refractivity contribution in [2.24, 2.45) is 0 Å². The summed E-state index contributed by atoms with van der Waals surface area (Å²) >= 11 is 0. The second-order valence-electron chi connectivity index (χ2n) is 8.84. The number of rotatable bonds is 4. The van der Waals surface area contributed by atoms with Crippen LogP contribution in [0.1, 0.15) is 72.1 Å². The van der Waals surface area contributed by atoms with Crippen LogP contribution in [0, 0.1) is 5.82 Å². The van der Waals surface area contributed by atoms with Crippen LogP contribution in [0.25, 0.3) is 11.1 Å². The summed E-state index contributed by atoms with van der Waals surface area (Å²) in [5, 5.41) is 21.2. The van der Waals surface area contributed by atoms with Crippen LogP contribution >= 0.6 is 0 Å². The molecule has 0 radical (unpaired) electrons. The van der Waals surface area contributed by atoms with E-state index < -0.39 is 35.9 Å². The van der Waals surface area contributed by atoms with Gasteiger partial charge in [-0.15, -0.1) is 0 Å². The predicted molar refractivity (Wildman–Crippen MR) is 117 cm³/mol. The molecule has 4 rings (SSSR count). The van der Waals surface area contributed by atoms with Crippen LogP contribution in [0.2, 0.25) is 0 Å². The number of benzene rings is 2. The maximum absolute atomic E-state index is 16.2. The Morgan fingerprint density at radius 1 is 0.971 bits per heavy atom. The number of aliphatic hydroxyl groups excluding tert-OH is 2. The lowest BCUT2D eigenvalue weighted by Crippen LogP contribution is -2.28. The molecule has 1 aliphatic carbocycles. The molecule has 0 saturated heterocycles. The average Bonchev–Trinajstić information content (AvgIpc) is 2.80. The van der Waals surface area contributed by atoms with Crippen molar-refractivity contribution in [1.82, 2.24) is 4.98 Å². The van der Waals surface area contributed by atoms with Gasteiger partial charge in [-0.1, -0.05) is 38.1 Å². The molecule has 0 amide bonds. The number of pyridine rings is 1. The van der Waals surface area contributed by atoms with Gasteiger partial charge in [0.25, 0.3) is 0 Å². The molecule has 3 unspecified atom stereocenters. The summed E-state index contributed by atoms with van der Waals surface area (Å²) in [5.74, 6) is -0.756. The van der Waals surface area contributed by atoms with Crippen LogP contribution in [-0.2, 0) is 12.6 Å². The van der Waals surface area contributed by atoms with Gasteiger partial charge in [0.05, 0.1) is 17.4 Å². The lowest BCUT2D eigenvalue weighted by atomic mass is 9.79. The zero-order valence-electron chi connectivity index (χ0n) is 18.6. The highest BCUT2D eigenvalue weighted by Crippen LogP contribution is 2.46. The summed E-state index contributed by atoms with van der Waals surface area (Å²) < 4.78 is 68.9. The molecule has 1 aliphatic rings. The third kappa shape index (κ3) is 4.44. The Balaban J connectivity index is 1.99. The number of aryl methyl sites for hydroxylation is 1. The number of nitrogens with zero attached hydrogens (tertiary/aromatic N) is 1. The zero-order valence-corrected chi connectivity index (χ0v) is 18.6. The van der Waals surface area contributed by atoms with Crippen molar-refractivity contribution in [1.29, 1.82) is 0 Å². The molecule has 2 aromatic carbocycles. The Kier molecular flexibility index (Phi) is 6.48. The van der Waals surface area contributed by atoms with Gasteiger partial charge in [-0.25, -0.2) is 8.78 Å². The number of halogens is 5. The fraction of sp³-hybridized carbons (Fsp3) is 0.346. The fourth-order valence-electron chi connectivity index (χ4n) is 4.46. The van der Waals surface area contributed by atoms with Gasteiger partial charge in [-0.2, -0.15) is 13.2 Å². The second kappa shape index (κ2) is 9.07. The summed E-state index contributed by atoms with van der Waals surface area (Å²) in [7, 11) is 0. The maximum Gasteiger partial charge on any atom is 0.416 e. The van der Waals surface area contributed by atoms with E-state index in [-0.39, 0.29) is 34.6 Å². The molecule has 0 bridgehead atoms. The largest absolute Gasteiger partial charge is 0.416 e. The molecule has 0 spiro atoms. The van der Waals surface area contributed by atoms with Gasteiger partial charge in [0.15, 0.2) is 6.17 Å². The second-order valence-corrected chi connectivity index (χ2v) is 8.84. The molecule has 1 heterocycles. The van der Waals surface area contributed by atoms with E-state index in [2.05, 4.69) is 4.98 Å². The van der Waals surface area contributed by atoms with Crippen molar-refractivity contribution in [3.63, 3.8) is 0 Å². The number of alkyl halides is 4. The maximum atomic E-state index is 16.2. The normalized spacial score (nSPS) is 19.2. The van der Waals surface area contributed by atoms with Crippen molar-refractivity contribution >= 4 is 0 Å². The molecule has 180 valence electrons. The van der Waals surface area contributed by atoms with Gasteiger partial charge >= 0.3 is 6.18 Å². The van der Waals surface area contributed by atoms with E-state index in [1.807, 2.05) is 13.8 Å². The third-order valence-corrected chi connectivity index (χ3v) is 6.18. The topological polar surface area (TPSA) is 53.4 Å². The molecule has 2 N–H and O–H groups in total. The summed E-state index contributed by atoms with van der Waals surface area (Å²) in [4.78, 5) is 4.64. The highest BCUT2D eigenvalue weighted by atomic mass is 19.4. The third-order valence-electron chi connectivity index (χ3n) is 6.18. The number of aromatic nitrogens is 1. The van der Waals surface area contributed by atoms with Gasteiger partial charge in [-0.3, -0.25) is 4.98 Å². The highest BCUT2D eigenvalue weighted by Gasteiger charge is 2.36. The Bertz CT molecular complexity index is 1170. The number of fused-ring (bicyclic) bond motifs is 1. The minimum Gasteiger partial charge on any atom is -0.390 e. The van der Waals surface area contributed by atoms with Crippen LogP contribution in [0.15, 0.2) is 48.5 Å². The molecule has 0 aliphatic heterocycles. The first-order chi connectivity index (χ1) is 16.0. The number of hydrogen-bond donors (Lipinski definition) is 2. The molecule has 0 fully saturated rings. The molecule has 3 aromatic rings. The van der Waals surface area contributed by atoms with E-state index in [0.717, 1.165) is 24.3 Å². The molecule has 34 heavy (non-hydrogen) atoms. The quantitative estimate of drug-likeness (QED) is 0.426. The summed E-state index contributed by atoms with van der Waals surface area (Å²) in [6, 6.07) is 9.11. The summed E-state index contributed by atoms with van der Waals surface area (Å²) in [6.45, 7) is 3.64. The van der Waals surface area contributed by atoms with E-state index in [4.69, 9.17) is 0 Å². The van der Waals surface area contributed by atoms with E-state index in [1.165, 1.54) is 24.3 Å². The van der Waals surface area contributed by atoms with Crippen molar-refractivity contribution in [2.45, 2.75) is 57.2 Å². The van der Waals surface area contributed by atoms with Gasteiger partial charge in [0.1, 0.15) is 11.9 Å². The molecule has 0 saturated carbocycles. The molecule has 3 nitrogen and oxygen atoms in total. The van der Waals surface area contributed by atoms with Crippen molar-refractivity contribution < 1.29 is 32.2 Å². The van der Waals surface area contributed by atoms with Gasteiger partial charge in [0, 0.05) is 16.8 Å². The SMILES string of the molecule is CC(C)c1nc2c(c(-c3ccc(F)cc3)c1C(F)c1ccc(C(F)(F)F)cc1)C(O)C(O)CC2. The predicted octanol–water partition coefficient (Wildman–Crippen LogP) is 6.43. The summed E-state index contributed by atoms with van der Waals surface area (Å²) in [6.07, 6.45) is -8.21. The minimum atomic E-state index is -4.56. The molecule has 1 aromatic heterocycles. The number of hydrogen-bond acceptors (Lipinski definition) is 3. The van der Waals surface area contributed by atoms with Crippen LogP contribution in [0.3, 0.4) is 0 Å². The van der Waals surface area contributed by atoms with E-state index in [9.17, 15) is 27.8 Å². The lowest BCUT2D eigenvalue weighted by molar-refractivity contribution is -0.137. The fourth-order valence-corrected chi connectivity index (χ4v) is 4.46. The van der Waals surface area contributed by atoms with Gasteiger partial charge in [0.2, 0.25) is 0 Å². The van der Waals surface area contributed by atoms with Gasteiger partial charge < -0.3 is 10.2 Å². The van der Waals surface area contributed by atoms with Crippen molar-refractivity contribution in [2.75, 3.05) is 0 Å². The standard InChI is InChI=1S/C26H24F5NO2/c1-13(2)24-22(23(28)15-3-7-16(8-4-15)26(29,30)31)20(14-5-9-17(27)10-6-14)21-18(32-24)11-12-19(33)25(21)34/h3-10,13,19,23,25,33-34H,11-12H2,1-2H3. The minimum absolute atomic E-state index is 0.00846. The highest BCUT2D eigenvalue weighted by molar-refractivity contribution is 5.75. The van der Waals surface area contributed by atoms with Crippen molar-refractivity contribution in [3.05, 3.63) is 88.0 Å². The van der Waals surface area contributed by atoms with Crippen LogP contribution in [0.5, 0.6) is 0 Å². The first kappa shape index (κ1) is 24.3.